The number of hydrogen-bond donors (Lipinski definition) is 1. The van der Waals surface area contributed by atoms with Crippen molar-refractivity contribution in [1.82, 2.24) is 19.5 Å². The number of hydrogen-bond acceptors (Lipinski definition) is 4. The van der Waals surface area contributed by atoms with Crippen molar-refractivity contribution in [2.24, 2.45) is 0 Å². The van der Waals surface area contributed by atoms with Crippen molar-refractivity contribution in [3.05, 3.63) is 75.9 Å². The summed E-state index contributed by atoms with van der Waals surface area (Å²) in [6, 6.07) is 15.6. The monoisotopic (exact) mass is 505 g/mol. The number of carbonyl (C=O) groups is 1. The predicted molar refractivity (Wildman–Crippen MR) is 145 cm³/mol. The first kappa shape index (κ1) is 23.7. The first-order valence-corrected chi connectivity index (χ1v) is 12.5. The Labute approximate surface area is 215 Å². The lowest BCUT2D eigenvalue weighted by Gasteiger charge is -2.33. The largest absolute Gasteiger partial charge is 0.367 e. The Balaban J connectivity index is 1.30. The normalized spacial score (nSPS) is 14.4. The quantitative estimate of drug-likeness (QED) is 0.417. The summed E-state index contributed by atoms with van der Waals surface area (Å²) < 4.78 is 1.84. The zero-order valence-electron chi connectivity index (χ0n) is 19.8. The minimum atomic E-state index is 0.156. The molecule has 3 heterocycles. The van der Waals surface area contributed by atoms with Gasteiger partial charge in [-0.2, -0.15) is 9.61 Å². The molecular weight excluding hydrogens is 480 g/mol. The van der Waals surface area contributed by atoms with Crippen LogP contribution in [0.4, 0.5) is 5.82 Å². The lowest BCUT2D eigenvalue weighted by Crippen LogP contribution is -2.43. The highest BCUT2D eigenvalue weighted by atomic mass is 35.5. The molecule has 1 saturated heterocycles. The number of anilines is 1. The van der Waals surface area contributed by atoms with Gasteiger partial charge in [-0.15, -0.1) is 0 Å². The van der Waals surface area contributed by atoms with E-state index in [1.807, 2.05) is 78.9 Å². The van der Waals surface area contributed by atoms with E-state index in [4.69, 9.17) is 28.2 Å². The minimum absolute atomic E-state index is 0.156. The van der Waals surface area contributed by atoms with Crippen molar-refractivity contribution < 1.29 is 4.79 Å². The van der Waals surface area contributed by atoms with Crippen LogP contribution in [0.25, 0.3) is 16.9 Å². The number of carbonyl (C=O) groups excluding carboxylic acids is 1. The number of rotatable bonds is 5. The van der Waals surface area contributed by atoms with Crippen LogP contribution in [0.3, 0.4) is 0 Å². The minimum Gasteiger partial charge on any atom is -0.367 e. The van der Waals surface area contributed by atoms with Crippen LogP contribution in [0.15, 0.2) is 54.7 Å². The van der Waals surface area contributed by atoms with Gasteiger partial charge in [-0.3, -0.25) is 4.79 Å². The maximum Gasteiger partial charge on any atom is 0.227 e. The standard InChI is InChI=1S/C26H26BCl2N5O/c1-16-12-18(28)7-6-17(16)13-25(35)33-10-8-19(9-11-33)31-24-14-23(20-4-2-3-5-22(20)29)32-26-21(27)15-30-34(24)26/h2-7,12,14-15,19,31H,8-11,13,27H2,1H3. The van der Waals surface area contributed by atoms with E-state index < -0.39 is 0 Å². The zero-order valence-corrected chi connectivity index (χ0v) is 21.3. The second kappa shape index (κ2) is 9.92. The highest BCUT2D eigenvalue weighted by Crippen LogP contribution is 2.29. The summed E-state index contributed by atoms with van der Waals surface area (Å²) >= 11 is 12.5. The Kier molecular flexibility index (Phi) is 6.72. The predicted octanol–water partition coefficient (Wildman–Crippen LogP) is 3.92. The lowest BCUT2D eigenvalue weighted by molar-refractivity contribution is -0.131. The van der Waals surface area contributed by atoms with Gasteiger partial charge in [-0.1, -0.05) is 47.5 Å². The van der Waals surface area contributed by atoms with E-state index >= 15 is 0 Å². The van der Waals surface area contributed by atoms with Gasteiger partial charge in [0.15, 0.2) is 5.65 Å². The van der Waals surface area contributed by atoms with Gasteiger partial charge in [0.2, 0.25) is 5.91 Å². The van der Waals surface area contributed by atoms with Crippen LogP contribution in [-0.2, 0) is 11.2 Å². The van der Waals surface area contributed by atoms with Crippen molar-refractivity contribution in [2.75, 3.05) is 18.4 Å². The number of nitrogens with zero attached hydrogens (tertiary/aromatic N) is 4. The number of halogens is 2. The molecule has 0 aliphatic carbocycles. The van der Waals surface area contributed by atoms with E-state index in [1.54, 1.807) is 0 Å². The lowest BCUT2D eigenvalue weighted by atomic mass is 10.0. The number of piperidine rings is 1. The molecular formula is C26H26BCl2N5O. The summed E-state index contributed by atoms with van der Waals surface area (Å²) in [5.74, 6) is 1.03. The molecule has 5 rings (SSSR count). The topological polar surface area (TPSA) is 62.5 Å². The molecule has 9 heteroatoms. The van der Waals surface area contributed by atoms with Crippen molar-refractivity contribution in [2.45, 2.75) is 32.2 Å². The second-order valence-electron chi connectivity index (χ2n) is 9.12. The second-order valence-corrected chi connectivity index (χ2v) is 9.96. The molecule has 2 aromatic heterocycles. The Hall–Kier alpha value is -3.03. The van der Waals surface area contributed by atoms with Gasteiger partial charge < -0.3 is 10.2 Å². The molecule has 0 atom stereocenters. The summed E-state index contributed by atoms with van der Waals surface area (Å²) in [5, 5.41) is 9.54. The molecule has 35 heavy (non-hydrogen) atoms. The third-order valence-electron chi connectivity index (χ3n) is 6.64. The average molecular weight is 506 g/mol. The van der Waals surface area contributed by atoms with Crippen LogP contribution in [-0.4, -0.2) is 52.4 Å². The Bertz CT molecular complexity index is 1400. The number of fused-ring (bicyclic) bond motifs is 1. The Morgan fingerprint density at radius 3 is 2.66 bits per heavy atom. The van der Waals surface area contributed by atoms with E-state index in [9.17, 15) is 4.79 Å². The molecule has 1 aliphatic heterocycles. The van der Waals surface area contributed by atoms with Gasteiger partial charge in [0.05, 0.1) is 12.1 Å². The van der Waals surface area contributed by atoms with E-state index in [2.05, 4.69) is 10.4 Å². The molecule has 178 valence electrons. The van der Waals surface area contributed by atoms with E-state index in [0.29, 0.717) is 29.6 Å². The van der Waals surface area contributed by atoms with Crippen LogP contribution < -0.4 is 10.8 Å². The first-order valence-electron chi connectivity index (χ1n) is 11.8. The van der Waals surface area contributed by atoms with Crippen LogP contribution in [0.2, 0.25) is 10.0 Å². The summed E-state index contributed by atoms with van der Waals surface area (Å²) in [4.78, 5) is 19.7. The van der Waals surface area contributed by atoms with Crippen LogP contribution in [0.1, 0.15) is 24.0 Å². The first-order chi connectivity index (χ1) is 16.9. The molecule has 1 N–H and O–H groups in total. The molecule has 1 fully saturated rings. The highest BCUT2D eigenvalue weighted by molar-refractivity contribution is 6.36. The van der Waals surface area contributed by atoms with Gasteiger partial charge in [-0.25, -0.2) is 4.98 Å². The summed E-state index contributed by atoms with van der Waals surface area (Å²) in [6.45, 7) is 3.42. The molecule has 0 unspecified atom stereocenters. The van der Waals surface area contributed by atoms with Crippen molar-refractivity contribution in [3.63, 3.8) is 0 Å². The Morgan fingerprint density at radius 2 is 1.91 bits per heavy atom. The van der Waals surface area contributed by atoms with Crippen LogP contribution in [0, 0.1) is 6.92 Å². The molecule has 0 bridgehead atoms. The van der Waals surface area contributed by atoms with Gasteiger partial charge in [-0.05, 0) is 54.6 Å². The van der Waals surface area contributed by atoms with E-state index in [-0.39, 0.29) is 11.9 Å². The SMILES string of the molecule is Bc1cnn2c(NC3CCN(C(=O)Cc4ccc(Cl)cc4C)CC3)cc(-c3ccccc3Cl)nc12. The number of aryl methyl sites for hydroxylation is 1. The van der Waals surface area contributed by atoms with Gasteiger partial charge in [0.25, 0.3) is 0 Å². The van der Waals surface area contributed by atoms with Gasteiger partial charge >= 0.3 is 0 Å². The molecule has 2 aromatic carbocycles. The number of nitrogens with one attached hydrogen (secondary N) is 1. The summed E-state index contributed by atoms with van der Waals surface area (Å²) in [7, 11) is 2.00. The molecule has 6 nitrogen and oxygen atoms in total. The van der Waals surface area contributed by atoms with Crippen molar-refractivity contribution in [1.29, 1.82) is 0 Å². The summed E-state index contributed by atoms with van der Waals surface area (Å²) in [5.41, 5.74) is 5.57. The number of benzene rings is 2. The number of amides is 1. The van der Waals surface area contributed by atoms with Crippen LogP contribution in [0.5, 0.6) is 0 Å². The molecule has 0 radical (unpaired) electrons. The smallest absolute Gasteiger partial charge is 0.227 e. The summed E-state index contributed by atoms with van der Waals surface area (Å²) in [6.07, 6.45) is 3.94. The van der Waals surface area contributed by atoms with Gasteiger partial charge in [0.1, 0.15) is 13.7 Å². The van der Waals surface area contributed by atoms with Gasteiger partial charge in [0, 0.05) is 47.0 Å². The number of aromatic nitrogens is 3. The molecule has 4 aromatic rings. The highest BCUT2D eigenvalue weighted by Gasteiger charge is 2.24. The van der Waals surface area contributed by atoms with Crippen molar-refractivity contribution >= 4 is 53.9 Å². The van der Waals surface area contributed by atoms with E-state index in [0.717, 1.165) is 52.2 Å². The van der Waals surface area contributed by atoms with E-state index in [1.165, 1.54) is 0 Å². The third-order valence-corrected chi connectivity index (χ3v) is 7.21. The molecule has 0 spiro atoms. The van der Waals surface area contributed by atoms with Crippen molar-refractivity contribution in [3.8, 4) is 11.3 Å². The fraction of sp³-hybridized carbons (Fsp3) is 0.269. The zero-order chi connectivity index (χ0) is 24.5. The van der Waals surface area contributed by atoms with Crippen LogP contribution >= 0.6 is 23.2 Å². The maximum atomic E-state index is 12.9. The Morgan fingerprint density at radius 1 is 1.14 bits per heavy atom. The average Bonchev–Trinajstić information content (AvgIpc) is 3.22. The molecule has 1 aliphatic rings. The molecule has 1 amide bonds. The third kappa shape index (κ3) is 5.02. The fourth-order valence-electron chi connectivity index (χ4n) is 4.60. The number of likely N-dealkylation sites (tertiary alicyclic amines) is 1. The molecule has 0 saturated carbocycles. The fourth-order valence-corrected chi connectivity index (χ4v) is 5.06. The maximum absolute atomic E-state index is 12.9.